The molecule has 0 aliphatic heterocycles. The Hall–Kier alpha value is -0.381. The van der Waals surface area contributed by atoms with E-state index in [2.05, 4.69) is 54.5 Å². The van der Waals surface area contributed by atoms with E-state index in [4.69, 9.17) is 68.4 Å². The SMILES string of the molecule is COc1cc(C)cc(C(=O)[C@@H]2[C@@]3(C)CCCC(C)(C)[C@@H]3CC[C@@]2(C)O)c1.COc1cc(C)cc(C(=O)[C@H]2C(C)=CC[C@H]3C(C)(C)CCC[C@]23C)c1.ClCCl.[Cl][Sn]([Cl])([Cl])[Cl]. The van der Waals surface area contributed by atoms with Crippen molar-refractivity contribution in [3.63, 3.8) is 0 Å². The average molecular weight is 1040 g/mol. The number of Topliss-reactive ketones (excluding diaryl/α,β-unsaturated/α-hetero) is 2. The van der Waals surface area contributed by atoms with Gasteiger partial charge in [0.2, 0.25) is 0 Å². The quantitative estimate of drug-likeness (QED) is 0.135. The molecule has 0 saturated heterocycles. The molecule has 3 saturated carbocycles. The molecule has 332 valence electrons. The molecule has 2 aromatic rings. The number of ketones is 2. The zero-order valence-electron chi connectivity index (χ0n) is 37.3. The summed E-state index contributed by atoms with van der Waals surface area (Å²) in [5.74, 6) is 2.45. The van der Waals surface area contributed by atoms with Crippen molar-refractivity contribution in [2.75, 3.05) is 19.6 Å². The molecule has 0 aromatic heterocycles. The van der Waals surface area contributed by atoms with Crippen molar-refractivity contribution in [3.05, 3.63) is 70.3 Å². The standard InChI is InChI=1S/C23H34O3.C23H32O2.CH2Cl2.4ClH.Sn/c1-15-12-16(14-17(13-15)26-6)19(24)20-22(4)10-7-9-21(2,3)18(22)8-11-23(20,5)25;1-15-12-17(14-18(13-15)25-6)21(24)20-16(2)8-9-19-22(3,4)10-7-11-23(19,20)5;2-1-3;;;;;/h12-14,18,20,25H,7-11H2,1-6H3;8,12-14,19-20H,7,9-11H2,1-6H3;1H2;4*1H;/q;;;;;;;+4/p-4/t18-,20+,22-,23+;19-,20+,23-;;;;;;/m00....../s1. The van der Waals surface area contributed by atoms with Gasteiger partial charge in [-0.05, 0) is 154 Å². The number of aryl methyl sites for hydroxylation is 2. The number of benzene rings is 2. The molecule has 4 aliphatic rings. The van der Waals surface area contributed by atoms with E-state index in [1.165, 1.54) is 24.8 Å². The van der Waals surface area contributed by atoms with Crippen LogP contribution >= 0.6 is 58.9 Å². The molecule has 0 spiro atoms. The summed E-state index contributed by atoms with van der Waals surface area (Å²) in [5, 5.41) is 11.5. The monoisotopic (exact) mass is 1040 g/mol. The predicted molar refractivity (Wildman–Crippen MR) is 254 cm³/mol. The molecule has 0 unspecified atom stereocenters. The van der Waals surface area contributed by atoms with Crippen LogP contribution in [0.4, 0.5) is 0 Å². The number of methoxy groups -OCH3 is 2. The van der Waals surface area contributed by atoms with E-state index < -0.39 is 19.5 Å². The summed E-state index contributed by atoms with van der Waals surface area (Å²) in [6.07, 6.45) is 12.1. The van der Waals surface area contributed by atoms with Gasteiger partial charge in [-0.1, -0.05) is 66.0 Å². The molecule has 2 aromatic carbocycles. The Bertz CT molecular complexity index is 1800. The van der Waals surface area contributed by atoms with Crippen molar-refractivity contribution >= 4 is 84.3 Å². The summed E-state index contributed by atoms with van der Waals surface area (Å²) in [7, 11) is 23.4. The fraction of sp³-hybridized carbons (Fsp3) is 0.660. The molecule has 7 atom stereocenters. The first-order valence-corrected chi connectivity index (χ1v) is 36.3. The average Bonchev–Trinajstić information content (AvgIpc) is 3.09. The Kier molecular flexibility index (Phi) is 18.9. The van der Waals surface area contributed by atoms with Crippen LogP contribution in [0, 0.1) is 59.2 Å². The van der Waals surface area contributed by atoms with E-state index in [9.17, 15) is 14.7 Å². The van der Waals surface area contributed by atoms with Crippen molar-refractivity contribution in [2.24, 2.45) is 45.3 Å². The summed E-state index contributed by atoms with van der Waals surface area (Å²) in [5.41, 5.74) is 4.22. The Morgan fingerprint density at radius 1 is 0.678 bits per heavy atom. The summed E-state index contributed by atoms with van der Waals surface area (Å²) in [6.45, 7) is 22.1. The molecule has 12 heteroatoms. The second-order valence-electron chi connectivity index (χ2n) is 19.5. The molecule has 0 bridgehead atoms. The molecule has 6 rings (SSSR count). The number of hydrogen-bond acceptors (Lipinski definition) is 5. The predicted octanol–water partition coefficient (Wildman–Crippen LogP) is 15.0. The third kappa shape index (κ3) is 13.1. The van der Waals surface area contributed by atoms with Crippen LogP contribution in [0.1, 0.15) is 145 Å². The number of alkyl halides is 2. The van der Waals surface area contributed by atoms with Gasteiger partial charge in [0.15, 0.2) is 11.6 Å². The Labute approximate surface area is 384 Å². The molecule has 0 radical (unpaired) electrons. The topological polar surface area (TPSA) is 72.8 Å². The summed E-state index contributed by atoms with van der Waals surface area (Å²) >= 11 is 6.24. The van der Waals surface area contributed by atoms with E-state index in [0.29, 0.717) is 35.0 Å². The van der Waals surface area contributed by atoms with E-state index >= 15 is 0 Å². The van der Waals surface area contributed by atoms with E-state index in [1.807, 2.05) is 57.2 Å². The van der Waals surface area contributed by atoms with Crippen molar-refractivity contribution in [3.8, 4) is 11.5 Å². The van der Waals surface area contributed by atoms with Gasteiger partial charge in [-0.3, -0.25) is 9.59 Å². The number of carbonyl (C=O) groups is 2. The summed E-state index contributed by atoms with van der Waals surface area (Å²) in [4.78, 5) is 27.3. The van der Waals surface area contributed by atoms with E-state index in [1.54, 1.807) is 14.2 Å². The number of halogens is 6. The zero-order chi connectivity index (χ0) is 44.9. The Morgan fingerprint density at radius 3 is 1.56 bits per heavy atom. The van der Waals surface area contributed by atoms with Crippen LogP contribution < -0.4 is 9.47 Å². The van der Waals surface area contributed by atoms with Crippen LogP contribution in [0.25, 0.3) is 0 Å². The third-order valence-electron chi connectivity index (χ3n) is 14.2. The van der Waals surface area contributed by atoms with Gasteiger partial charge in [0.05, 0.1) is 31.1 Å². The molecule has 5 nitrogen and oxygen atoms in total. The number of hydrogen-bond donors (Lipinski definition) is 1. The molecular weight excluding hydrogens is 976 g/mol. The first-order valence-electron chi connectivity index (χ1n) is 20.8. The maximum atomic E-state index is 13.7. The first kappa shape index (κ1) is 53.0. The molecule has 4 aliphatic carbocycles. The number of fused-ring (bicyclic) bond motifs is 2. The number of rotatable bonds is 6. The molecule has 1 N–H and O–H groups in total. The Morgan fingerprint density at radius 2 is 1.10 bits per heavy atom. The van der Waals surface area contributed by atoms with Gasteiger partial charge >= 0.3 is 49.6 Å². The molecule has 0 heterocycles. The van der Waals surface area contributed by atoms with Crippen LogP contribution in [0.2, 0.25) is 0 Å². The van der Waals surface area contributed by atoms with Gasteiger partial charge in [-0.25, -0.2) is 0 Å². The number of ether oxygens (including phenoxy) is 2. The molecule has 3 fully saturated rings. The second kappa shape index (κ2) is 21.1. The van der Waals surface area contributed by atoms with Crippen LogP contribution in [-0.2, 0) is 0 Å². The van der Waals surface area contributed by atoms with E-state index in [0.717, 1.165) is 54.5 Å². The Balaban J connectivity index is 0.000000267. The van der Waals surface area contributed by atoms with Crippen molar-refractivity contribution in [1.29, 1.82) is 0 Å². The normalized spacial score (nSPS) is 30.5. The molecular formula is C47H68Cl6O5Sn. The van der Waals surface area contributed by atoms with Gasteiger partial charge in [0, 0.05) is 17.0 Å². The summed E-state index contributed by atoms with van der Waals surface area (Å²) in [6, 6.07) is 11.6. The van der Waals surface area contributed by atoms with Crippen LogP contribution in [0.15, 0.2) is 48.0 Å². The van der Waals surface area contributed by atoms with Gasteiger partial charge in [-0.15, -0.1) is 23.2 Å². The number of carbonyl (C=O) groups excluding carboxylic acids is 2. The fourth-order valence-electron chi connectivity index (χ4n) is 12.0. The van der Waals surface area contributed by atoms with Gasteiger partial charge in [0.1, 0.15) is 11.5 Å². The van der Waals surface area contributed by atoms with Crippen LogP contribution in [0.3, 0.4) is 0 Å². The van der Waals surface area contributed by atoms with Crippen LogP contribution in [-0.4, -0.2) is 55.7 Å². The minimum absolute atomic E-state index is 0.0164. The first-order chi connectivity index (χ1) is 27.1. The molecule has 0 amide bonds. The van der Waals surface area contributed by atoms with Gasteiger partial charge in [0.25, 0.3) is 0 Å². The van der Waals surface area contributed by atoms with E-state index in [-0.39, 0.29) is 45.0 Å². The maximum absolute atomic E-state index is 13.7. The molecule has 59 heavy (non-hydrogen) atoms. The van der Waals surface area contributed by atoms with Crippen molar-refractivity contribution < 1.29 is 24.2 Å². The minimum atomic E-state index is -3.29. The zero-order valence-corrected chi connectivity index (χ0v) is 44.7. The fourth-order valence-corrected chi connectivity index (χ4v) is 12.0. The number of aliphatic hydroxyl groups is 1. The van der Waals surface area contributed by atoms with Gasteiger partial charge < -0.3 is 14.6 Å². The van der Waals surface area contributed by atoms with Gasteiger partial charge in [-0.2, -0.15) is 0 Å². The summed E-state index contributed by atoms with van der Waals surface area (Å²) < 4.78 is 10.8. The second-order valence-corrected chi connectivity index (χ2v) is 45.7. The number of allylic oxidation sites excluding steroid dienone is 2. The van der Waals surface area contributed by atoms with Crippen molar-refractivity contribution in [2.45, 2.75) is 133 Å². The van der Waals surface area contributed by atoms with Crippen LogP contribution in [0.5, 0.6) is 11.5 Å². The third-order valence-corrected chi connectivity index (χ3v) is 14.2. The van der Waals surface area contributed by atoms with Crippen molar-refractivity contribution in [1.82, 2.24) is 0 Å².